The summed E-state index contributed by atoms with van der Waals surface area (Å²) in [6.07, 6.45) is 2.18. The number of carbonyl (C=O) groups is 1. The van der Waals surface area contributed by atoms with Crippen LogP contribution in [0.2, 0.25) is 0 Å². The number of benzene rings is 1. The van der Waals surface area contributed by atoms with Crippen molar-refractivity contribution < 1.29 is 19.0 Å². The van der Waals surface area contributed by atoms with Crippen LogP contribution in [0.15, 0.2) is 18.2 Å². The first-order chi connectivity index (χ1) is 10.6. The minimum atomic E-state index is -0.187. The molecule has 3 rings (SSSR count). The second-order valence-corrected chi connectivity index (χ2v) is 5.79. The predicted molar refractivity (Wildman–Crippen MR) is 81.1 cm³/mol. The zero-order valence-corrected chi connectivity index (χ0v) is 12.9. The second-order valence-electron chi connectivity index (χ2n) is 5.79. The third-order valence-corrected chi connectivity index (χ3v) is 4.13. The number of fused-ring (bicyclic) bond motifs is 1. The maximum Gasteiger partial charge on any atom is 0.315 e. The molecule has 0 aliphatic carbocycles. The predicted octanol–water partition coefficient (Wildman–Crippen LogP) is 2.34. The first-order valence-electron chi connectivity index (χ1n) is 7.71. The lowest BCUT2D eigenvalue weighted by Gasteiger charge is -2.22. The largest absolute Gasteiger partial charge is 0.454 e. The average Bonchev–Trinajstić information content (AvgIpc) is 3.17. The molecular formula is C16H22N2O4. The van der Waals surface area contributed by atoms with Crippen LogP contribution in [-0.2, 0) is 4.74 Å². The molecular weight excluding hydrogens is 284 g/mol. The van der Waals surface area contributed by atoms with Gasteiger partial charge in [0.15, 0.2) is 11.5 Å². The molecule has 1 aromatic rings. The van der Waals surface area contributed by atoms with Crippen LogP contribution in [0.4, 0.5) is 4.79 Å². The van der Waals surface area contributed by atoms with E-state index in [0.717, 1.165) is 36.5 Å². The number of amides is 2. The van der Waals surface area contributed by atoms with Crippen LogP contribution < -0.4 is 20.1 Å². The van der Waals surface area contributed by atoms with Gasteiger partial charge in [-0.1, -0.05) is 6.07 Å². The molecule has 1 saturated heterocycles. The Hall–Kier alpha value is -1.95. The number of ether oxygens (including phenoxy) is 3. The maximum atomic E-state index is 12.1. The normalized spacial score (nSPS) is 22.2. The summed E-state index contributed by atoms with van der Waals surface area (Å²) in [5, 5.41) is 5.88. The number of urea groups is 1. The van der Waals surface area contributed by atoms with E-state index in [0.29, 0.717) is 0 Å². The molecule has 2 aliphatic heterocycles. The first kappa shape index (κ1) is 15.0. The van der Waals surface area contributed by atoms with Crippen LogP contribution in [0.5, 0.6) is 11.5 Å². The third-order valence-electron chi connectivity index (χ3n) is 4.13. The molecule has 2 aliphatic rings. The summed E-state index contributed by atoms with van der Waals surface area (Å²) in [5.41, 5.74) is 0.976. The highest BCUT2D eigenvalue weighted by Crippen LogP contribution is 2.34. The zero-order valence-electron chi connectivity index (χ0n) is 12.9. The van der Waals surface area contributed by atoms with Crippen LogP contribution in [0, 0.1) is 0 Å². The van der Waals surface area contributed by atoms with Gasteiger partial charge in [0, 0.05) is 6.61 Å². The van der Waals surface area contributed by atoms with Crippen LogP contribution in [-0.4, -0.2) is 31.6 Å². The monoisotopic (exact) mass is 306 g/mol. The number of rotatable bonds is 4. The van der Waals surface area contributed by atoms with Crippen molar-refractivity contribution in [1.82, 2.24) is 10.6 Å². The lowest BCUT2D eigenvalue weighted by Crippen LogP contribution is -2.46. The highest BCUT2D eigenvalue weighted by molar-refractivity contribution is 5.74. The van der Waals surface area contributed by atoms with E-state index in [9.17, 15) is 4.79 Å². The van der Waals surface area contributed by atoms with Gasteiger partial charge in [0.05, 0.1) is 18.2 Å². The lowest BCUT2D eigenvalue weighted by molar-refractivity contribution is 0.0859. The Kier molecular flexibility index (Phi) is 4.38. The molecule has 0 spiro atoms. The van der Waals surface area contributed by atoms with Crippen LogP contribution >= 0.6 is 0 Å². The topological polar surface area (TPSA) is 68.8 Å². The summed E-state index contributed by atoms with van der Waals surface area (Å²) in [6, 6.07) is 5.40. The maximum absolute atomic E-state index is 12.1. The number of nitrogens with one attached hydrogen (secondary N) is 2. The molecule has 1 aromatic carbocycles. The molecule has 2 N–H and O–H groups in total. The average molecular weight is 306 g/mol. The smallest absolute Gasteiger partial charge is 0.315 e. The second kappa shape index (κ2) is 6.44. The van der Waals surface area contributed by atoms with Crippen molar-refractivity contribution in [2.45, 2.75) is 44.9 Å². The highest BCUT2D eigenvalue weighted by Gasteiger charge is 2.24. The van der Waals surface area contributed by atoms with E-state index in [2.05, 4.69) is 10.6 Å². The van der Waals surface area contributed by atoms with E-state index in [4.69, 9.17) is 14.2 Å². The van der Waals surface area contributed by atoms with E-state index in [1.54, 1.807) is 0 Å². The van der Waals surface area contributed by atoms with E-state index >= 15 is 0 Å². The highest BCUT2D eigenvalue weighted by atomic mass is 16.7. The summed E-state index contributed by atoms with van der Waals surface area (Å²) < 4.78 is 16.2. The standard InChI is InChI=1S/C16H22N2O4/c1-10(12-5-6-14-15(8-12)22-9-21-14)17-16(19)18-11(2)13-4-3-7-20-13/h5-6,8,10-11,13H,3-4,7,9H2,1-2H3,(H2,17,18,19). The summed E-state index contributed by atoms with van der Waals surface area (Å²) in [5.74, 6) is 1.46. The van der Waals surface area contributed by atoms with Crippen molar-refractivity contribution in [3.63, 3.8) is 0 Å². The molecule has 3 atom stereocenters. The molecule has 2 heterocycles. The van der Waals surface area contributed by atoms with Gasteiger partial charge in [-0.05, 0) is 44.4 Å². The van der Waals surface area contributed by atoms with Gasteiger partial charge in [-0.2, -0.15) is 0 Å². The van der Waals surface area contributed by atoms with Crippen molar-refractivity contribution in [2.24, 2.45) is 0 Å². The van der Waals surface area contributed by atoms with Gasteiger partial charge in [-0.3, -0.25) is 0 Å². The summed E-state index contributed by atoms with van der Waals surface area (Å²) >= 11 is 0. The quantitative estimate of drug-likeness (QED) is 0.896. The van der Waals surface area contributed by atoms with E-state index in [1.807, 2.05) is 32.0 Å². The Labute approximate surface area is 130 Å². The third kappa shape index (κ3) is 3.27. The lowest BCUT2D eigenvalue weighted by atomic mass is 10.1. The van der Waals surface area contributed by atoms with Crippen molar-refractivity contribution in [2.75, 3.05) is 13.4 Å². The van der Waals surface area contributed by atoms with Gasteiger partial charge in [-0.25, -0.2) is 4.79 Å². The molecule has 0 saturated carbocycles. The fourth-order valence-corrected chi connectivity index (χ4v) is 2.80. The Bertz CT molecular complexity index is 543. The van der Waals surface area contributed by atoms with Crippen LogP contribution in [0.25, 0.3) is 0 Å². The number of hydrogen-bond donors (Lipinski definition) is 2. The molecule has 3 unspecified atom stereocenters. The molecule has 6 heteroatoms. The van der Waals surface area contributed by atoms with E-state index < -0.39 is 0 Å². The Balaban J connectivity index is 1.54. The fraction of sp³-hybridized carbons (Fsp3) is 0.562. The van der Waals surface area contributed by atoms with Gasteiger partial charge in [0.2, 0.25) is 6.79 Å². The van der Waals surface area contributed by atoms with E-state index in [1.165, 1.54) is 0 Å². The molecule has 120 valence electrons. The SMILES string of the molecule is CC(NC(=O)NC(C)C1CCCO1)c1ccc2c(c1)OCO2. The van der Waals surface area contributed by atoms with Gasteiger partial charge >= 0.3 is 6.03 Å². The Morgan fingerprint density at radius 2 is 2.05 bits per heavy atom. The fourth-order valence-electron chi connectivity index (χ4n) is 2.80. The van der Waals surface area contributed by atoms with Crippen LogP contribution in [0.3, 0.4) is 0 Å². The molecule has 0 aromatic heterocycles. The van der Waals surface area contributed by atoms with Crippen molar-refractivity contribution in [1.29, 1.82) is 0 Å². The van der Waals surface area contributed by atoms with Gasteiger partial charge < -0.3 is 24.8 Å². The van der Waals surface area contributed by atoms with Crippen molar-refractivity contribution in [3.05, 3.63) is 23.8 Å². The number of carbonyl (C=O) groups excluding carboxylic acids is 1. The minimum Gasteiger partial charge on any atom is -0.454 e. The minimum absolute atomic E-state index is 0.00598. The van der Waals surface area contributed by atoms with Crippen LogP contribution in [0.1, 0.15) is 38.3 Å². The molecule has 0 bridgehead atoms. The molecule has 6 nitrogen and oxygen atoms in total. The molecule has 1 fully saturated rings. The summed E-state index contributed by atoms with van der Waals surface area (Å²) in [4.78, 5) is 12.1. The first-order valence-corrected chi connectivity index (χ1v) is 7.71. The Morgan fingerprint density at radius 1 is 1.23 bits per heavy atom. The Morgan fingerprint density at radius 3 is 2.82 bits per heavy atom. The van der Waals surface area contributed by atoms with Gasteiger partial charge in [0.1, 0.15) is 0 Å². The molecule has 22 heavy (non-hydrogen) atoms. The summed E-state index contributed by atoms with van der Waals surface area (Å²) in [7, 11) is 0. The van der Waals surface area contributed by atoms with Crippen molar-refractivity contribution in [3.8, 4) is 11.5 Å². The van der Waals surface area contributed by atoms with Crippen molar-refractivity contribution >= 4 is 6.03 Å². The zero-order chi connectivity index (χ0) is 15.5. The summed E-state index contributed by atoms with van der Waals surface area (Å²) in [6.45, 7) is 4.94. The number of hydrogen-bond acceptors (Lipinski definition) is 4. The van der Waals surface area contributed by atoms with E-state index in [-0.39, 0.29) is 31.0 Å². The van der Waals surface area contributed by atoms with Gasteiger partial charge in [-0.15, -0.1) is 0 Å². The molecule has 2 amide bonds. The van der Waals surface area contributed by atoms with Gasteiger partial charge in [0.25, 0.3) is 0 Å². The molecule has 0 radical (unpaired) electrons.